The lowest BCUT2D eigenvalue weighted by Gasteiger charge is -2.38. The summed E-state index contributed by atoms with van der Waals surface area (Å²) >= 11 is 0.977. The number of likely N-dealkylation sites (tertiary alicyclic amines) is 1. The normalized spacial score (nSPS) is 22.4. The summed E-state index contributed by atoms with van der Waals surface area (Å²) in [5, 5.41) is 10.8. The molecular formula is C36H45F2N3O4S. The van der Waals surface area contributed by atoms with Gasteiger partial charge in [-0.25, -0.2) is 13.5 Å². The molecule has 0 bridgehead atoms. The summed E-state index contributed by atoms with van der Waals surface area (Å²) in [4.78, 5) is 15.8. The lowest BCUT2D eigenvalue weighted by atomic mass is 9.86. The molecule has 1 saturated heterocycles. The van der Waals surface area contributed by atoms with Crippen LogP contribution in [0.15, 0.2) is 94.7 Å². The molecule has 0 aromatic heterocycles. The van der Waals surface area contributed by atoms with E-state index in [0.717, 1.165) is 49.0 Å². The van der Waals surface area contributed by atoms with Gasteiger partial charge in [-0.1, -0.05) is 24.3 Å². The third kappa shape index (κ3) is 8.92. The first-order valence-corrected chi connectivity index (χ1v) is 17.2. The fraction of sp³-hybridized carbons (Fsp3) is 0.472. The quantitative estimate of drug-likeness (QED) is 0.121. The smallest absolute Gasteiger partial charge is 0.282 e. The van der Waals surface area contributed by atoms with E-state index in [1.807, 2.05) is 67.6 Å². The highest BCUT2D eigenvalue weighted by atomic mass is 32.2. The number of aliphatic hydroxyl groups is 1. The molecule has 1 aromatic carbocycles. The number of ether oxygens (including phenoxy) is 2. The number of piperidine rings is 1. The Morgan fingerprint density at radius 2 is 1.85 bits per heavy atom. The van der Waals surface area contributed by atoms with Gasteiger partial charge in [0.1, 0.15) is 23.0 Å². The first kappa shape index (κ1) is 34.0. The van der Waals surface area contributed by atoms with E-state index < -0.39 is 29.5 Å². The molecule has 0 spiro atoms. The van der Waals surface area contributed by atoms with Gasteiger partial charge in [-0.3, -0.25) is 4.79 Å². The van der Waals surface area contributed by atoms with Gasteiger partial charge in [-0.15, -0.1) is 0 Å². The molecule has 1 amide bonds. The van der Waals surface area contributed by atoms with E-state index in [-0.39, 0.29) is 18.6 Å². The van der Waals surface area contributed by atoms with E-state index in [1.54, 1.807) is 6.08 Å². The monoisotopic (exact) mass is 653 g/mol. The first-order chi connectivity index (χ1) is 22.2. The van der Waals surface area contributed by atoms with Gasteiger partial charge in [-0.05, 0) is 125 Å². The molecule has 2 fully saturated rings. The maximum atomic E-state index is 16.4. The minimum Gasteiger partial charge on any atom is -0.512 e. The number of allylic oxidation sites excluding steroid dienone is 8. The summed E-state index contributed by atoms with van der Waals surface area (Å²) in [5.41, 5.74) is 6.94. The van der Waals surface area contributed by atoms with Gasteiger partial charge in [0.05, 0.1) is 12.0 Å². The molecule has 1 heterocycles. The van der Waals surface area contributed by atoms with Crippen molar-refractivity contribution >= 4 is 23.9 Å². The first-order valence-electron chi connectivity index (χ1n) is 16.3. The van der Waals surface area contributed by atoms with E-state index in [2.05, 4.69) is 4.72 Å². The molecule has 1 aliphatic heterocycles. The molecule has 7 nitrogen and oxygen atoms in total. The third-order valence-corrected chi connectivity index (χ3v) is 9.63. The highest BCUT2D eigenvalue weighted by Gasteiger charge is 2.54. The number of halogens is 2. The fourth-order valence-electron chi connectivity index (χ4n) is 6.09. The zero-order valence-corrected chi connectivity index (χ0v) is 27.2. The molecule has 2 atom stereocenters. The van der Waals surface area contributed by atoms with Crippen LogP contribution >= 0.6 is 11.9 Å². The number of nitrogens with one attached hydrogen (secondary N) is 1. The summed E-state index contributed by atoms with van der Waals surface area (Å²) in [5.74, 6) is -4.73. The molecule has 1 aromatic rings. The summed E-state index contributed by atoms with van der Waals surface area (Å²) < 4.78 is 47.5. The Hall–Kier alpha value is -3.34. The van der Waals surface area contributed by atoms with Gasteiger partial charge in [0.15, 0.2) is 6.04 Å². The molecular weight excluding hydrogens is 608 g/mol. The second-order valence-electron chi connectivity index (χ2n) is 12.3. The van der Waals surface area contributed by atoms with Gasteiger partial charge in [-0.2, -0.15) is 0 Å². The van der Waals surface area contributed by atoms with E-state index in [0.29, 0.717) is 42.3 Å². The van der Waals surface area contributed by atoms with Crippen LogP contribution in [-0.2, 0) is 14.3 Å². The van der Waals surface area contributed by atoms with E-state index in [1.165, 1.54) is 23.8 Å². The highest BCUT2D eigenvalue weighted by Crippen LogP contribution is 2.40. The molecule has 4 N–H and O–H groups in total. The second kappa shape index (κ2) is 16.0. The second-order valence-corrected chi connectivity index (χ2v) is 13.2. The Balaban J connectivity index is 1.29. The van der Waals surface area contributed by atoms with Crippen LogP contribution in [0.3, 0.4) is 0 Å². The van der Waals surface area contributed by atoms with E-state index >= 15 is 8.78 Å². The Kier molecular flexibility index (Phi) is 11.8. The van der Waals surface area contributed by atoms with E-state index in [9.17, 15) is 9.90 Å². The standard InChI is InChI=1S/C36H45F2N3O4S/c1-2-8-29(44-28-11-6-7-12-28)23-25-13-16-31(17-14-25)46-40-34(35(43)41-21-19-26(39)20-22-41)36(37,38)32-18-15-30(24-33(32)42)45-27-9-4-3-5-10-27/h2,4,8-10,13-17,23-24,26,28,32,34,40,42H,3,5-7,11-12,18-22,39H2,1H3/b8-2-,29-23+. The van der Waals surface area contributed by atoms with Crippen molar-refractivity contribution in [1.82, 2.24) is 9.62 Å². The Labute approximate surface area is 275 Å². The SMILES string of the molecule is C/C=C\C(=C/c1ccc(SNC(C(=O)N2CCC(N)CC2)C(F)(F)C2CC=C(OC3=CCCC=C3)C=C2O)cc1)OC1CCCC1. The predicted octanol–water partition coefficient (Wildman–Crippen LogP) is 7.71. The number of benzene rings is 1. The zero-order chi connectivity index (χ0) is 32.5. The van der Waals surface area contributed by atoms with Gasteiger partial charge in [0.2, 0.25) is 5.91 Å². The number of nitrogens with zero attached hydrogens (tertiary/aromatic N) is 1. The fourth-order valence-corrected chi connectivity index (χ4v) is 6.88. The zero-order valence-electron chi connectivity index (χ0n) is 26.4. The Bertz CT molecular complexity index is 1390. The van der Waals surface area contributed by atoms with Crippen LogP contribution in [0, 0.1) is 5.92 Å². The summed E-state index contributed by atoms with van der Waals surface area (Å²) in [7, 11) is 0. The average molecular weight is 654 g/mol. The van der Waals surface area contributed by atoms with Crippen molar-refractivity contribution in [1.29, 1.82) is 0 Å². The highest BCUT2D eigenvalue weighted by molar-refractivity contribution is 7.97. The van der Waals surface area contributed by atoms with Crippen LogP contribution in [0.1, 0.15) is 70.3 Å². The number of carbonyl (C=O) groups excluding carboxylic acids is 1. The Morgan fingerprint density at radius 3 is 2.50 bits per heavy atom. The maximum Gasteiger partial charge on any atom is 0.282 e. The van der Waals surface area contributed by atoms with Crippen molar-refractivity contribution in [3.05, 3.63) is 95.4 Å². The van der Waals surface area contributed by atoms with Gasteiger partial charge >= 0.3 is 0 Å². The number of carbonyl (C=O) groups is 1. The lowest BCUT2D eigenvalue weighted by molar-refractivity contribution is -0.150. The van der Waals surface area contributed by atoms with Crippen molar-refractivity contribution in [3.8, 4) is 0 Å². The summed E-state index contributed by atoms with van der Waals surface area (Å²) in [6.07, 6.45) is 21.7. The van der Waals surface area contributed by atoms with Crippen LogP contribution in [0.5, 0.6) is 0 Å². The number of nitrogens with two attached hydrogens (primary N) is 1. The molecule has 0 radical (unpaired) electrons. The van der Waals surface area contributed by atoms with Crippen molar-refractivity contribution in [3.63, 3.8) is 0 Å². The van der Waals surface area contributed by atoms with Crippen LogP contribution in [0.25, 0.3) is 6.08 Å². The molecule has 10 heteroatoms. The largest absolute Gasteiger partial charge is 0.512 e. The van der Waals surface area contributed by atoms with Crippen LogP contribution in [-0.4, -0.2) is 53.1 Å². The van der Waals surface area contributed by atoms with Crippen molar-refractivity contribution in [2.24, 2.45) is 11.7 Å². The molecule has 2 unspecified atom stereocenters. The van der Waals surface area contributed by atoms with Gasteiger partial charge in [0.25, 0.3) is 5.92 Å². The number of rotatable bonds is 12. The van der Waals surface area contributed by atoms with E-state index in [4.69, 9.17) is 15.2 Å². The maximum absolute atomic E-state index is 16.4. The third-order valence-electron chi connectivity index (χ3n) is 8.77. The molecule has 5 rings (SSSR count). The minimum atomic E-state index is -3.61. The van der Waals surface area contributed by atoms with Crippen LogP contribution < -0.4 is 10.5 Å². The number of aliphatic hydroxyl groups excluding tert-OH is 1. The summed E-state index contributed by atoms with van der Waals surface area (Å²) in [6, 6.07) is 5.50. The molecule has 248 valence electrons. The number of hydrogen-bond donors (Lipinski definition) is 3. The average Bonchev–Trinajstić information content (AvgIpc) is 3.56. The van der Waals surface area contributed by atoms with Gasteiger partial charge < -0.3 is 25.2 Å². The van der Waals surface area contributed by atoms with Crippen molar-refractivity contribution in [2.75, 3.05) is 13.1 Å². The predicted molar refractivity (Wildman–Crippen MR) is 179 cm³/mol. The minimum absolute atomic E-state index is 0.0576. The molecule has 3 aliphatic carbocycles. The molecule has 4 aliphatic rings. The number of alkyl halides is 2. The van der Waals surface area contributed by atoms with Gasteiger partial charge in [0, 0.05) is 30.1 Å². The Morgan fingerprint density at radius 1 is 1.11 bits per heavy atom. The van der Waals surface area contributed by atoms with Crippen LogP contribution in [0.2, 0.25) is 0 Å². The number of hydrogen-bond acceptors (Lipinski definition) is 7. The van der Waals surface area contributed by atoms with Crippen LogP contribution in [0.4, 0.5) is 8.78 Å². The number of amides is 1. The molecule has 1 saturated carbocycles. The topological polar surface area (TPSA) is 97.1 Å². The van der Waals surface area contributed by atoms with Crippen molar-refractivity contribution in [2.45, 2.75) is 93.7 Å². The summed E-state index contributed by atoms with van der Waals surface area (Å²) in [6.45, 7) is 2.57. The van der Waals surface area contributed by atoms with Crippen molar-refractivity contribution < 1.29 is 28.2 Å². The lowest BCUT2D eigenvalue weighted by Crippen LogP contribution is -2.58. The molecule has 46 heavy (non-hydrogen) atoms.